The fourth-order valence-corrected chi connectivity index (χ4v) is 2.12. The number of esters is 1. The predicted molar refractivity (Wildman–Crippen MR) is 71.4 cm³/mol. The van der Waals surface area contributed by atoms with E-state index in [0.717, 1.165) is 11.1 Å². The molecule has 3 rings (SSSR count). The van der Waals surface area contributed by atoms with Gasteiger partial charge in [0.25, 0.3) is 0 Å². The highest BCUT2D eigenvalue weighted by Gasteiger charge is 2.26. The van der Waals surface area contributed by atoms with Crippen LogP contribution in [0.15, 0.2) is 48.5 Å². The molecule has 0 aliphatic carbocycles. The van der Waals surface area contributed by atoms with Gasteiger partial charge in [-0.1, -0.05) is 48.0 Å². The third-order valence-electron chi connectivity index (χ3n) is 2.80. The number of para-hydroxylation sites is 1. The monoisotopic (exact) mass is 256 g/mol. The smallest absolute Gasteiger partial charge is 0.344 e. The third-order valence-corrected chi connectivity index (χ3v) is 3.15. The highest BCUT2D eigenvalue weighted by atomic mass is 35.5. The van der Waals surface area contributed by atoms with Crippen LogP contribution in [0.3, 0.4) is 0 Å². The molecule has 0 amide bonds. The van der Waals surface area contributed by atoms with Gasteiger partial charge in [-0.05, 0) is 23.8 Å². The number of hydrogen-bond acceptors (Lipinski definition) is 2. The summed E-state index contributed by atoms with van der Waals surface area (Å²) >= 11 is 6.08. The number of rotatable bonds is 1. The molecule has 1 aliphatic heterocycles. The summed E-state index contributed by atoms with van der Waals surface area (Å²) in [4.78, 5) is 11.8. The van der Waals surface area contributed by atoms with Gasteiger partial charge >= 0.3 is 5.97 Å². The molecule has 1 aliphatic rings. The Kier molecular flexibility index (Phi) is 2.65. The standard InChI is InChI=1S/C15H9ClO2/c16-13-7-3-1-5-10(13)9-12-11-6-2-4-8-14(11)18-15(12)17/h1-9H/b12-9-. The van der Waals surface area contributed by atoms with Gasteiger partial charge in [0.15, 0.2) is 0 Å². The van der Waals surface area contributed by atoms with Crippen molar-refractivity contribution in [1.29, 1.82) is 0 Å². The summed E-state index contributed by atoms with van der Waals surface area (Å²) in [5.41, 5.74) is 2.16. The second-order valence-electron chi connectivity index (χ2n) is 3.97. The van der Waals surface area contributed by atoms with Gasteiger partial charge < -0.3 is 4.74 Å². The topological polar surface area (TPSA) is 26.3 Å². The van der Waals surface area contributed by atoms with Crippen molar-refractivity contribution < 1.29 is 9.53 Å². The lowest BCUT2D eigenvalue weighted by Crippen LogP contribution is -2.00. The van der Waals surface area contributed by atoms with Gasteiger partial charge in [-0.3, -0.25) is 0 Å². The van der Waals surface area contributed by atoms with Crippen molar-refractivity contribution >= 4 is 29.2 Å². The summed E-state index contributed by atoms with van der Waals surface area (Å²) in [6, 6.07) is 14.7. The van der Waals surface area contributed by atoms with Crippen molar-refractivity contribution in [3.63, 3.8) is 0 Å². The fraction of sp³-hybridized carbons (Fsp3) is 0. The Hall–Kier alpha value is -2.06. The Balaban J connectivity index is 2.13. The van der Waals surface area contributed by atoms with E-state index in [1.54, 1.807) is 18.2 Å². The van der Waals surface area contributed by atoms with E-state index in [0.29, 0.717) is 16.3 Å². The molecule has 0 radical (unpaired) electrons. The van der Waals surface area contributed by atoms with Crippen LogP contribution >= 0.6 is 11.6 Å². The van der Waals surface area contributed by atoms with Gasteiger partial charge in [-0.2, -0.15) is 0 Å². The quantitative estimate of drug-likeness (QED) is 0.441. The molecule has 0 saturated carbocycles. The summed E-state index contributed by atoms with van der Waals surface area (Å²) in [6.45, 7) is 0. The van der Waals surface area contributed by atoms with Gasteiger partial charge in [-0.15, -0.1) is 0 Å². The van der Waals surface area contributed by atoms with Gasteiger partial charge in [0, 0.05) is 10.6 Å². The Bertz CT molecular complexity index is 659. The largest absolute Gasteiger partial charge is 0.422 e. The number of benzene rings is 2. The van der Waals surface area contributed by atoms with E-state index in [9.17, 15) is 4.79 Å². The molecule has 0 bridgehead atoms. The maximum Gasteiger partial charge on any atom is 0.344 e. The van der Waals surface area contributed by atoms with E-state index in [-0.39, 0.29) is 5.97 Å². The number of carbonyl (C=O) groups excluding carboxylic acids is 1. The van der Waals surface area contributed by atoms with E-state index in [1.165, 1.54) is 0 Å². The molecule has 1 heterocycles. The molecular formula is C15H9ClO2. The number of carbonyl (C=O) groups is 1. The number of halogens is 1. The van der Waals surface area contributed by atoms with Crippen LogP contribution in [0.2, 0.25) is 5.02 Å². The van der Waals surface area contributed by atoms with Crippen molar-refractivity contribution in [3.05, 3.63) is 64.7 Å². The van der Waals surface area contributed by atoms with E-state index >= 15 is 0 Å². The van der Waals surface area contributed by atoms with E-state index in [4.69, 9.17) is 16.3 Å². The first kappa shape index (κ1) is 11.1. The lowest BCUT2D eigenvalue weighted by Gasteiger charge is -1.99. The highest BCUT2D eigenvalue weighted by molar-refractivity contribution is 6.33. The van der Waals surface area contributed by atoms with E-state index in [1.807, 2.05) is 36.4 Å². The molecule has 0 aromatic heterocycles. The van der Waals surface area contributed by atoms with Crippen LogP contribution in [-0.4, -0.2) is 5.97 Å². The molecule has 88 valence electrons. The molecule has 18 heavy (non-hydrogen) atoms. The number of fused-ring (bicyclic) bond motifs is 1. The average molecular weight is 257 g/mol. The number of ether oxygens (including phenoxy) is 1. The molecule has 0 saturated heterocycles. The maximum atomic E-state index is 11.8. The number of hydrogen-bond donors (Lipinski definition) is 0. The summed E-state index contributed by atoms with van der Waals surface area (Å²) in [5, 5.41) is 0.613. The summed E-state index contributed by atoms with van der Waals surface area (Å²) in [6.07, 6.45) is 1.76. The Morgan fingerprint density at radius 3 is 2.56 bits per heavy atom. The second-order valence-corrected chi connectivity index (χ2v) is 4.37. The summed E-state index contributed by atoms with van der Waals surface area (Å²) < 4.78 is 5.18. The maximum absolute atomic E-state index is 11.8. The SMILES string of the molecule is O=C1Oc2ccccc2/C1=C/c1ccccc1Cl. The molecule has 2 aromatic carbocycles. The molecule has 0 spiro atoms. The van der Waals surface area contributed by atoms with Crippen LogP contribution < -0.4 is 4.74 Å². The Morgan fingerprint density at radius 1 is 1.00 bits per heavy atom. The molecular weight excluding hydrogens is 248 g/mol. The zero-order valence-corrected chi connectivity index (χ0v) is 10.1. The van der Waals surface area contributed by atoms with Crippen molar-refractivity contribution in [2.75, 3.05) is 0 Å². The second kappa shape index (κ2) is 4.31. The lowest BCUT2D eigenvalue weighted by molar-refractivity contribution is -0.126. The Morgan fingerprint density at radius 2 is 1.72 bits per heavy atom. The lowest BCUT2D eigenvalue weighted by atomic mass is 10.0. The molecule has 3 heteroatoms. The zero-order chi connectivity index (χ0) is 12.5. The molecule has 0 fully saturated rings. The fourth-order valence-electron chi connectivity index (χ4n) is 1.93. The summed E-state index contributed by atoms with van der Waals surface area (Å²) in [5.74, 6) is 0.261. The average Bonchev–Trinajstić information content (AvgIpc) is 2.69. The van der Waals surface area contributed by atoms with Crippen molar-refractivity contribution in [3.8, 4) is 5.75 Å². The van der Waals surface area contributed by atoms with Crippen LogP contribution in [0, 0.1) is 0 Å². The third kappa shape index (κ3) is 1.81. The summed E-state index contributed by atoms with van der Waals surface area (Å²) in [7, 11) is 0. The van der Waals surface area contributed by atoms with Crippen LogP contribution in [-0.2, 0) is 4.79 Å². The predicted octanol–water partition coefficient (Wildman–Crippen LogP) is 3.80. The van der Waals surface area contributed by atoms with Crippen molar-refractivity contribution in [1.82, 2.24) is 0 Å². The van der Waals surface area contributed by atoms with E-state index in [2.05, 4.69) is 0 Å². The van der Waals surface area contributed by atoms with Gasteiger partial charge in [0.05, 0.1) is 5.57 Å². The first-order chi connectivity index (χ1) is 8.75. The molecule has 2 aromatic rings. The van der Waals surface area contributed by atoms with Gasteiger partial charge in [0.1, 0.15) is 5.75 Å². The van der Waals surface area contributed by atoms with Crippen LogP contribution in [0.1, 0.15) is 11.1 Å². The first-order valence-electron chi connectivity index (χ1n) is 5.53. The Labute approximate surface area is 109 Å². The minimum Gasteiger partial charge on any atom is -0.422 e. The van der Waals surface area contributed by atoms with Crippen LogP contribution in [0.5, 0.6) is 5.75 Å². The van der Waals surface area contributed by atoms with Gasteiger partial charge in [0.2, 0.25) is 0 Å². The van der Waals surface area contributed by atoms with E-state index < -0.39 is 0 Å². The minimum absolute atomic E-state index is 0.337. The molecule has 0 N–H and O–H groups in total. The normalized spacial score (nSPS) is 15.6. The van der Waals surface area contributed by atoms with Crippen LogP contribution in [0.4, 0.5) is 0 Å². The molecule has 2 nitrogen and oxygen atoms in total. The van der Waals surface area contributed by atoms with Crippen molar-refractivity contribution in [2.24, 2.45) is 0 Å². The molecule has 0 atom stereocenters. The zero-order valence-electron chi connectivity index (χ0n) is 9.39. The van der Waals surface area contributed by atoms with Crippen molar-refractivity contribution in [2.45, 2.75) is 0 Å². The minimum atomic E-state index is -0.337. The molecule has 0 unspecified atom stereocenters. The van der Waals surface area contributed by atoms with Gasteiger partial charge in [-0.25, -0.2) is 4.79 Å². The highest BCUT2D eigenvalue weighted by Crippen LogP contribution is 2.35. The first-order valence-corrected chi connectivity index (χ1v) is 5.91. The van der Waals surface area contributed by atoms with Crippen LogP contribution in [0.25, 0.3) is 11.6 Å².